The van der Waals surface area contributed by atoms with Gasteiger partial charge in [-0.1, -0.05) is 6.92 Å². The average Bonchev–Trinajstić information content (AvgIpc) is 3.04. The van der Waals surface area contributed by atoms with E-state index in [1.165, 1.54) is 23.3 Å². The zero-order valence-electron chi connectivity index (χ0n) is 13.2. The van der Waals surface area contributed by atoms with Crippen LogP contribution in [0.25, 0.3) is 0 Å². The number of esters is 1. The molecule has 0 saturated heterocycles. The first kappa shape index (κ1) is 18.0. The highest BCUT2D eigenvalue weighted by molar-refractivity contribution is 5.83. The van der Waals surface area contributed by atoms with E-state index in [4.69, 9.17) is 4.74 Å². The maximum Gasteiger partial charge on any atom is 0.306 e. The lowest BCUT2D eigenvalue weighted by Crippen LogP contribution is -2.22. The Bertz CT molecular complexity index is 485. The minimum absolute atomic E-state index is 0.00375. The molecule has 0 aliphatic rings. The van der Waals surface area contributed by atoms with Crippen LogP contribution in [0.15, 0.2) is 18.7 Å². The van der Waals surface area contributed by atoms with E-state index in [1.54, 1.807) is 0 Å². The van der Waals surface area contributed by atoms with Crippen molar-refractivity contribution in [2.24, 2.45) is 0 Å². The molecule has 0 unspecified atom stereocenters. The summed E-state index contributed by atoms with van der Waals surface area (Å²) in [4.78, 5) is 40.5. The Morgan fingerprint density at radius 2 is 1.95 bits per heavy atom. The van der Waals surface area contributed by atoms with Gasteiger partial charge in [-0.3, -0.25) is 19.0 Å². The molecule has 0 atom stereocenters. The zero-order valence-corrected chi connectivity index (χ0v) is 13.2. The number of imidazole rings is 1. The van der Waals surface area contributed by atoms with Crippen molar-refractivity contribution in [2.45, 2.75) is 32.6 Å². The van der Waals surface area contributed by atoms with E-state index in [9.17, 15) is 14.4 Å². The average molecular weight is 309 g/mol. The molecule has 0 radical (unpaired) electrons. The van der Waals surface area contributed by atoms with E-state index in [0.29, 0.717) is 13.0 Å². The number of hydrogen-bond donors (Lipinski definition) is 0. The van der Waals surface area contributed by atoms with Crippen LogP contribution in [0.3, 0.4) is 0 Å². The van der Waals surface area contributed by atoms with Gasteiger partial charge in [0.05, 0.1) is 13.0 Å². The number of nitrogens with zero attached hydrogens (tertiary/aromatic N) is 3. The molecule has 0 aliphatic carbocycles. The number of ketones is 1. The van der Waals surface area contributed by atoms with Crippen LogP contribution in [0.1, 0.15) is 37.4 Å². The van der Waals surface area contributed by atoms with Crippen LogP contribution in [0.5, 0.6) is 0 Å². The van der Waals surface area contributed by atoms with Crippen molar-refractivity contribution in [3.8, 4) is 0 Å². The molecule has 0 aromatic carbocycles. The van der Waals surface area contributed by atoms with Gasteiger partial charge in [-0.15, -0.1) is 0 Å². The van der Waals surface area contributed by atoms with Crippen molar-refractivity contribution in [1.82, 2.24) is 14.5 Å². The van der Waals surface area contributed by atoms with Crippen molar-refractivity contribution in [2.75, 3.05) is 26.7 Å². The molecule has 22 heavy (non-hydrogen) atoms. The number of aromatic nitrogens is 2. The number of ether oxygens (including phenoxy) is 1. The summed E-state index contributed by atoms with van der Waals surface area (Å²) in [5.74, 6) is -0.609. The summed E-state index contributed by atoms with van der Waals surface area (Å²) in [5.41, 5.74) is 0. The SMILES string of the molecule is CCN(C)CCC(=O)CCOC(=O)CCC(=O)n1ccnc1. The van der Waals surface area contributed by atoms with E-state index in [1.807, 2.05) is 18.9 Å². The van der Waals surface area contributed by atoms with Gasteiger partial charge in [0.25, 0.3) is 0 Å². The van der Waals surface area contributed by atoms with Crippen molar-refractivity contribution < 1.29 is 19.1 Å². The van der Waals surface area contributed by atoms with Crippen molar-refractivity contribution >= 4 is 17.7 Å². The number of rotatable bonds is 10. The number of Topliss-reactive ketones (excluding diaryl/α,β-unsaturated/α-hetero) is 1. The van der Waals surface area contributed by atoms with Crippen molar-refractivity contribution in [3.63, 3.8) is 0 Å². The predicted octanol–water partition coefficient (Wildman–Crippen LogP) is 1.15. The monoisotopic (exact) mass is 309 g/mol. The summed E-state index contributed by atoms with van der Waals surface area (Å²) in [6.07, 6.45) is 5.16. The van der Waals surface area contributed by atoms with Gasteiger partial charge in [0, 0.05) is 38.2 Å². The minimum atomic E-state index is -0.466. The fraction of sp³-hybridized carbons (Fsp3) is 0.600. The van der Waals surface area contributed by atoms with Gasteiger partial charge in [-0.05, 0) is 13.6 Å². The smallest absolute Gasteiger partial charge is 0.306 e. The Morgan fingerprint density at radius 1 is 1.18 bits per heavy atom. The van der Waals surface area contributed by atoms with Crippen LogP contribution in [-0.4, -0.2) is 58.9 Å². The predicted molar refractivity (Wildman–Crippen MR) is 80.5 cm³/mol. The fourth-order valence-corrected chi connectivity index (χ4v) is 1.69. The van der Waals surface area contributed by atoms with Gasteiger partial charge in [0.15, 0.2) is 0 Å². The maximum absolute atomic E-state index is 11.6. The zero-order chi connectivity index (χ0) is 16.4. The molecule has 0 saturated carbocycles. The molecule has 1 aromatic heterocycles. The Morgan fingerprint density at radius 3 is 2.59 bits per heavy atom. The van der Waals surface area contributed by atoms with Gasteiger partial charge in [-0.25, -0.2) is 4.98 Å². The van der Waals surface area contributed by atoms with Crippen LogP contribution >= 0.6 is 0 Å². The van der Waals surface area contributed by atoms with E-state index >= 15 is 0 Å². The van der Waals surface area contributed by atoms with Gasteiger partial charge in [-0.2, -0.15) is 0 Å². The highest BCUT2D eigenvalue weighted by Crippen LogP contribution is 2.00. The molecule has 1 aromatic rings. The van der Waals surface area contributed by atoms with Crippen molar-refractivity contribution in [3.05, 3.63) is 18.7 Å². The van der Waals surface area contributed by atoms with E-state index in [0.717, 1.165) is 6.54 Å². The second-order valence-corrected chi connectivity index (χ2v) is 5.02. The normalized spacial score (nSPS) is 10.7. The lowest BCUT2D eigenvalue weighted by atomic mass is 10.2. The second kappa shape index (κ2) is 9.83. The third kappa shape index (κ3) is 7.12. The Labute approximate surface area is 130 Å². The Hall–Kier alpha value is -2.02. The minimum Gasteiger partial charge on any atom is -0.465 e. The highest BCUT2D eigenvalue weighted by Gasteiger charge is 2.10. The van der Waals surface area contributed by atoms with Crippen LogP contribution in [0.4, 0.5) is 0 Å². The Kier molecular flexibility index (Phi) is 8.06. The molecule has 0 bridgehead atoms. The van der Waals surface area contributed by atoms with Crippen LogP contribution in [0.2, 0.25) is 0 Å². The molecule has 0 aliphatic heterocycles. The highest BCUT2D eigenvalue weighted by atomic mass is 16.5. The summed E-state index contributed by atoms with van der Waals surface area (Å²) in [6, 6.07) is 0. The van der Waals surface area contributed by atoms with Gasteiger partial charge in [0.2, 0.25) is 5.91 Å². The summed E-state index contributed by atoms with van der Waals surface area (Å²) >= 11 is 0. The van der Waals surface area contributed by atoms with Crippen LogP contribution in [0, 0.1) is 0 Å². The third-order valence-electron chi connectivity index (χ3n) is 3.29. The number of hydrogen-bond acceptors (Lipinski definition) is 6. The Balaban J connectivity index is 2.10. The fourth-order valence-electron chi connectivity index (χ4n) is 1.69. The lowest BCUT2D eigenvalue weighted by molar-refractivity contribution is -0.144. The summed E-state index contributed by atoms with van der Waals surface area (Å²) in [5, 5.41) is 0. The van der Waals surface area contributed by atoms with Gasteiger partial charge >= 0.3 is 5.97 Å². The van der Waals surface area contributed by atoms with Crippen LogP contribution < -0.4 is 0 Å². The first-order chi connectivity index (χ1) is 10.5. The summed E-state index contributed by atoms with van der Waals surface area (Å²) < 4.78 is 6.28. The van der Waals surface area contributed by atoms with Crippen LogP contribution in [-0.2, 0) is 14.3 Å². The molecule has 122 valence electrons. The van der Waals surface area contributed by atoms with E-state index < -0.39 is 5.97 Å². The van der Waals surface area contributed by atoms with Gasteiger partial charge < -0.3 is 9.64 Å². The molecule has 0 N–H and O–H groups in total. The molecule has 1 heterocycles. The van der Waals surface area contributed by atoms with Crippen molar-refractivity contribution in [1.29, 1.82) is 0 Å². The summed E-state index contributed by atoms with van der Waals surface area (Å²) in [7, 11) is 1.95. The van der Waals surface area contributed by atoms with E-state index in [2.05, 4.69) is 4.98 Å². The molecule has 0 fully saturated rings. The first-order valence-corrected chi connectivity index (χ1v) is 7.40. The standard InChI is InChI=1S/C15H23N3O4/c1-3-17(2)9-6-13(19)7-11-22-15(21)5-4-14(20)18-10-8-16-12-18/h8,10,12H,3-7,9,11H2,1-2H3. The van der Waals surface area contributed by atoms with Gasteiger partial charge in [0.1, 0.15) is 12.1 Å². The molecule has 1 rings (SSSR count). The molecule has 0 amide bonds. The third-order valence-corrected chi connectivity index (χ3v) is 3.29. The molecule has 7 heteroatoms. The molecule has 7 nitrogen and oxygen atoms in total. The largest absolute Gasteiger partial charge is 0.465 e. The molecular weight excluding hydrogens is 286 g/mol. The van der Waals surface area contributed by atoms with E-state index in [-0.39, 0.29) is 37.6 Å². The molecule has 0 spiro atoms. The number of carbonyl (C=O) groups is 3. The molecular formula is C15H23N3O4. The number of carbonyl (C=O) groups excluding carboxylic acids is 3. The second-order valence-electron chi connectivity index (χ2n) is 5.02. The maximum atomic E-state index is 11.6. The summed E-state index contributed by atoms with van der Waals surface area (Å²) in [6.45, 7) is 3.71. The quantitative estimate of drug-likeness (QED) is 0.603. The topological polar surface area (TPSA) is 81.5 Å². The first-order valence-electron chi connectivity index (χ1n) is 7.40. The lowest BCUT2D eigenvalue weighted by Gasteiger charge is -2.12.